The Balaban J connectivity index is 1.99. The molecule has 0 unspecified atom stereocenters. The number of carboxylic acid groups (broad SMARTS) is 1. The van der Waals surface area contributed by atoms with Crippen molar-refractivity contribution in [3.8, 4) is 6.07 Å². The predicted molar refractivity (Wildman–Crippen MR) is 77.4 cm³/mol. The highest BCUT2D eigenvalue weighted by molar-refractivity contribution is 8.01. The van der Waals surface area contributed by atoms with E-state index in [2.05, 4.69) is 15.5 Å². The molecule has 0 saturated carbocycles. The average Bonchev–Trinajstić information content (AvgIpc) is 2.92. The van der Waals surface area contributed by atoms with Crippen LogP contribution in [0.1, 0.15) is 15.9 Å². The van der Waals surface area contributed by atoms with Gasteiger partial charge in [-0.2, -0.15) is 5.26 Å². The smallest absolute Gasteiger partial charge is 0.313 e. The molecule has 1 aromatic heterocycles. The molecule has 0 atom stereocenters. The van der Waals surface area contributed by atoms with Crippen molar-refractivity contribution in [1.29, 1.82) is 5.26 Å². The van der Waals surface area contributed by atoms with Crippen molar-refractivity contribution in [2.24, 2.45) is 0 Å². The first-order valence-electron chi connectivity index (χ1n) is 5.58. The van der Waals surface area contributed by atoms with E-state index in [9.17, 15) is 9.59 Å². The summed E-state index contributed by atoms with van der Waals surface area (Å²) >= 11 is 2.13. The Labute approximate surface area is 127 Å². The normalized spacial score (nSPS) is 9.86. The Kier molecular flexibility index (Phi) is 4.86. The lowest BCUT2D eigenvalue weighted by Gasteiger charge is -2.00. The topological polar surface area (TPSA) is 116 Å². The number of nitrogens with one attached hydrogen (secondary N) is 1. The van der Waals surface area contributed by atoms with E-state index < -0.39 is 5.97 Å². The largest absolute Gasteiger partial charge is 0.481 e. The molecule has 9 heteroatoms. The van der Waals surface area contributed by atoms with E-state index in [1.165, 1.54) is 12.1 Å². The molecule has 2 N–H and O–H groups in total. The fraction of sp³-hybridized carbons (Fsp3) is 0.0833. The van der Waals surface area contributed by atoms with E-state index in [-0.39, 0.29) is 16.8 Å². The summed E-state index contributed by atoms with van der Waals surface area (Å²) in [7, 11) is 0. The highest BCUT2D eigenvalue weighted by Gasteiger charge is 2.11. The molecule has 2 rings (SSSR count). The highest BCUT2D eigenvalue weighted by atomic mass is 32.2. The predicted octanol–water partition coefficient (Wildman–Crippen LogP) is 1.84. The lowest BCUT2D eigenvalue weighted by Crippen LogP contribution is -2.11. The summed E-state index contributed by atoms with van der Waals surface area (Å²) in [4.78, 5) is 22.4. The number of aromatic nitrogens is 2. The molecular formula is C12H8N4O3S2. The number of hydrogen-bond acceptors (Lipinski definition) is 7. The number of aliphatic carboxylic acids is 1. The van der Waals surface area contributed by atoms with Gasteiger partial charge in [-0.25, -0.2) is 0 Å². The maximum atomic E-state index is 11.9. The van der Waals surface area contributed by atoms with Crippen LogP contribution in [0.2, 0.25) is 0 Å². The highest BCUT2D eigenvalue weighted by Crippen LogP contribution is 2.25. The van der Waals surface area contributed by atoms with Gasteiger partial charge in [-0.3, -0.25) is 14.9 Å². The van der Waals surface area contributed by atoms with Crippen molar-refractivity contribution < 1.29 is 14.7 Å². The minimum absolute atomic E-state index is 0.113. The van der Waals surface area contributed by atoms with Gasteiger partial charge in [0.15, 0.2) is 4.34 Å². The van der Waals surface area contributed by atoms with Gasteiger partial charge in [0.25, 0.3) is 5.91 Å². The zero-order valence-electron chi connectivity index (χ0n) is 10.4. The molecule has 0 aliphatic rings. The maximum absolute atomic E-state index is 11.9. The van der Waals surface area contributed by atoms with E-state index >= 15 is 0 Å². The molecular weight excluding hydrogens is 312 g/mol. The quantitative estimate of drug-likeness (QED) is 0.637. The van der Waals surface area contributed by atoms with Gasteiger partial charge in [0.1, 0.15) is 0 Å². The number of nitriles is 1. The molecule has 106 valence electrons. The van der Waals surface area contributed by atoms with E-state index in [0.29, 0.717) is 15.5 Å². The summed E-state index contributed by atoms with van der Waals surface area (Å²) in [6.07, 6.45) is 0. The van der Waals surface area contributed by atoms with Gasteiger partial charge in [-0.05, 0) is 24.3 Å². The van der Waals surface area contributed by atoms with Crippen molar-refractivity contribution in [3.05, 3.63) is 35.4 Å². The van der Waals surface area contributed by atoms with Crippen LogP contribution < -0.4 is 5.32 Å². The fourth-order valence-corrected chi connectivity index (χ4v) is 2.77. The summed E-state index contributed by atoms with van der Waals surface area (Å²) in [5.41, 5.74) is 0.860. The first kappa shape index (κ1) is 15.0. The minimum atomic E-state index is -0.946. The van der Waals surface area contributed by atoms with E-state index in [4.69, 9.17) is 10.4 Å². The Bertz CT molecular complexity index is 706. The molecule has 0 saturated heterocycles. The number of carbonyl (C=O) groups excluding carboxylic acids is 1. The molecule has 21 heavy (non-hydrogen) atoms. The van der Waals surface area contributed by atoms with Gasteiger partial charge in [0, 0.05) is 5.56 Å². The number of amides is 1. The SMILES string of the molecule is N#Cc1ccc(C(=O)Nc2nnc(SCC(=O)O)s2)cc1. The summed E-state index contributed by atoms with van der Waals surface area (Å²) in [6.45, 7) is 0. The summed E-state index contributed by atoms with van der Waals surface area (Å²) in [6, 6.07) is 8.13. The van der Waals surface area contributed by atoms with Crippen LogP contribution in [0.5, 0.6) is 0 Å². The van der Waals surface area contributed by atoms with Gasteiger partial charge in [0.2, 0.25) is 5.13 Å². The molecule has 7 nitrogen and oxygen atoms in total. The number of benzene rings is 1. The fourth-order valence-electron chi connectivity index (χ4n) is 1.31. The lowest BCUT2D eigenvalue weighted by atomic mass is 10.1. The Morgan fingerprint density at radius 2 is 2.05 bits per heavy atom. The van der Waals surface area contributed by atoms with Crippen LogP contribution in [0.15, 0.2) is 28.6 Å². The van der Waals surface area contributed by atoms with Crippen molar-refractivity contribution in [3.63, 3.8) is 0 Å². The van der Waals surface area contributed by atoms with Gasteiger partial charge >= 0.3 is 5.97 Å². The third-order valence-electron chi connectivity index (χ3n) is 2.22. The first-order chi connectivity index (χ1) is 10.1. The molecule has 1 aromatic carbocycles. The van der Waals surface area contributed by atoms with Gasteiger partial charge in [-0.1, -0.05) is 23.1 Å². The van der Waals surface area contributed by atoms with E-state index in [1.807, 2.05) is 6.07 Å². The molecule has 1 amide bonds. The number of thioether (sulfide) groups is 1. The maximum Gasteiger partial charge on any atom is 0.313 e. The number of anilines is 1. The minimum Gasteiger partial charge on any atom is -0.481 e. The molecule has 0 aliphatic heterocycles. The molecule has 0 aliphatic carbocycles. The van der Waals surface area contributed by atoms with Crippen LogP contribution in [-0.4, -0.2) is 32.9 Å². The number of hydrogen-bond donors (Lipinski definition) is 2. The molecule has 0 fully saturated rings. The number of nitrogens with zero attached hydrogens (tertiary/aromatic N) is 3. The Morgan fingerprint density at radius 1 is 1.33 bits per heavy atom. The van der Waals surface area contributed by atoms with Crippen LogP contribution in [0.4, 0.5) is 5.13 Å². The summed E-state index contributed by atoms with van der Waals surface area (Å²) < 4.78 is 0.465. The third kappa shape index (κ3) is 4.27. The monoisotopic (exact) mass is 320 g/mol. The van der Waals surface area contributed by atoms with Crippen molar-refractivity contribution >= 4 is 40.1 Å². The molecule has 0 spiro atoms. The van der Waals surface area contributed by atoms with Crippen LogP contribution in [0.25, 0.3) is 0 Å². The Morgan fingerprint density at radius 3 is 2.67 bits per heavy atom. The summed E-state index contributed by atoms with van der Waals surface area (Å²) in [5.74, 6) is -1.43. The zero-order valence-corrected chi connectivity index (χ0v) is 12.1. The van der Waals surface area contributed by atoms with E-state index in [1.54, 1.807) is 12.1 Å². The second kappa shape index (κ2) is 6.83. The van der Waals surface area contributed by atoms with Crippen molar-refractivity contribution in [2.75, 3.05) is 11.1 Å². The second-order valence-electron chi connectivity index (χ2n) is 3.70. The lowest BCUT2D eigenvalue weighted by molar-refractivity contribution is -0.133. The van der Waals surface area contributed by atoms with Crippen LogP contribution in [-0.2, 0) is 4.79 Å². The third-order valence-corrected chi connectivity index (χ3v) is 4.18. The van der Waals surface area contributed by atoms with E-state index in [0.717, 1.165) is 23.1 Å². The van der Waals surface area contributed by atoms with Crippen LogP contribution in [0.3, 0.4) is 0 Å². The summed E-state index contributed by atoms with van der Waals surface area (Å²) in [5, 5.41) is 27.6. The average molecular weight is 320 g/mol. The van der Waals surface area contributed by atoms with Crippen molar-refractivity contribution in [1.82, 2.24) is 10.2 Å². The van der Waals surface area contributed by atoms with Crippen molar-refractivity contribution in [2.45, 2.75) is 4.34 Å². The van der Waals surface area contributed by atoms with Crippen LogP contribution >= 0.6 is 23.1 Å². The zero-order chi connectivity index (χ0) is 15.2. The molecule has 0 bridgehead atoms. The van der Waals surface area contributed by atoms with Gasteiger partial charge < -0.3 is 5.11 Å². The number of rotatable bonds is 5. The molecule has 2 aromatic rings. The van der Waals surface area contributed by atoms with Crippen LogP contribution in [0, 0.1) is 11.3 Å². The number of carboxylic acids is 1. The number of carbonyl (C=O) groups is 2. The Hall–Kier alpha value is -2.44. The van der Waals surface area contributed by atoms with Gasteiger partial charge in [0.05, 0.1) is 17.4 Å². The first-order valence-corrected chi connectivity index (χ1v) is 7.38. The molecule has 0 radical (unpaired) electrons. The standard InChI is InChI=1S/C12H8N4O3S2/c13-5-7-1-3-8(4-2-7)10(19)14-11-15-16-12(21-11)20-6-9(17)18/h1-4H,6H2,(H,17,18)(H,14,15,19). The second-order valence-corrected chi connectivity index (χ2v) is 5.90. The van der Waals surface area contributed by atoms with Gasteiger partial charge in [-0.15, -0.1) is 10.2 Å². The molecule has 1 heterocycles.